The number of alkyl halides is 5. The van der Waals surface area contributed by atoms with E-state index in [0.717, 1.165) is 12.6 Å². The minimum atomic E-state index is -5.09. The number of hydrogen-bond acceptors (Lipinski definition) is 8. The highest BCUT2D eigenvalue weighted by molar-refractivity contribution is 6.00. The van der Waals surface area contributed by atoms with E-state index in [1.165, 1.54) is 0 Å². The van der Waals surface area contributed by atoms with E-state index < -0.39 is 46.7 Å². The lowest BCUT2D eigenvalue weighted by molar-refractivity contribution is -0.146. The van der Waals surface area contributed by atoms with Gasteiger partial charge in [-0.15, -0.1) is 0 Å². The first kappa shape index (κ1) is 38.0. The van der Waals surface area contributed by atoms with Crippen LogP contribution in [0.3, 0.4) is 0 Å². The van der Waals surface area contributed by atoms with E-state index in [4.69, 9.17) is 4.74 Å². The number of aryl methyl sites for hydroxylation is 1. The Hall–Kier alpha value is -4.89. The number of amides is 1. The van der Waals surface area contributed by atoms with Gasteiger partial charge in [0.25, 0.3) is 5.91 Å². The molecule has 4 aromatic rings. The number of benzene rings is 1. The van der Waals surface area contributed by atoms with E-state index in [2.05, 4.69) is 30.2 Å². The highest BCUT2D eigenvalue weighted by Crippen LogP contribution is 2.51. The van der Waals surface area contributed by atoms with Crippen molar-refractivity contribution in [3.8, 4) is 17.1 Å². The van der Waals surface area contributed by atoms with Crippen molar-refractivity contribution < 1.29 is 41.4 Å². The number of hydrogen-bond donors (Lipinski definition) is 2. The lowest BCUT2D eigenvalue weighted by atomic mass is 9.78. The molecule has 4 unspecified atom stereocenters. The standard InChI is InChI=1S/C40H44F5N7O4/c1-22-16-24-18-25(17-22)39(19-24,36(54)55)50-35(53)29-20-48-34(49-33(29)40(43,44)45)30-21-52(26-6-10-38(41,42)11-7-26)32-23(2)31(5-4-28(30)32)56-27-8-14-51(15-9-27)37-46-12-3-13-47-37/h3-5,12-13,20-22,24-27H,6-11,14-19H2,1-2H3,(H,50,53)(H,54,55). The predicted molar refractivity (Wildman–Crippen MR) is 195 cm³/mol. The van der Waals surface area contributed by atoms with Gasteiger partial charge in [0.2, 0.25) is 11.9 Å². The van der Waals surface area contributed by atoms with Gasteiger partial charge in [0.15, 0.2) is 11.5 Å². The van der Waals surface area contributed by atoms with Gasteiger partial charge in [-0.3, -0.25) is 4.79 Å². The summed E-state index contributed by atoms with van der Waals surface area (Å²) in [6.07, 6.45) is 3.68. The molecule has 4 atom stereocenters. The number of carboxylic acids is 1. The van der Waals surface area contributed by atoms with Gasteiger partial charge in [0.05, 0.1) is 11.1 Å². The number of nitrogens with zero attached hydrogens (tertiary/aromatic N) is 6. The molecule has 2 N–H and O–H groups in total. The number of nitrogens with one attached hydrogen (secondary N) is 1. The average Bonchev–Trinajstić information content (AvgIpc) is 3.67. The molecular weight excluding hydrogens is 737 g/mol. The van der Waals surface area contributed by atoms with Crippen molar-refractivity contribution in [2.24, 2.45) is 17.8 Å². The third kappa shape index (κ3) is 7.04. The fraction of sp³-hybridized carbons (Fsp3) is 0.550. The van der Waals surface area contributed by atoms with Crippen LogP contribution in [0.25, 0.3) is 22.3 Å². The lowest BCUT2D eigenvalue weighted by Crippen LogP contribution is -2.57. The Kier molecular flexibility index (Phi) is 9.67. The highest BCUT2D eigenvalue weighted by Gasteiger charge is 2.56. The van der Waals surface area contributed by atoms with Crippen molar-refractivity contribution in [1.29, 1.82) is 0 Å². The molecule has 4 heterocycles. The van der Waals surface area contributed by atoms with Gasteiger partial charge < -0.3 is 24.6 Å². The summed E-state index contributed by atoms with van der Waals surface area (Å²) >= 11 is 0. The maximum absolute atomic E-state index is 14.8. The molecular formula is C40H44F5N7O4. The predicted octanol–water partition coefficient (Wildman–Crippen LogP) is 8.02. The third-order valence-corrected chi connectivity index (χ3v) is 12.5. The molecule has 3 aliphatic carbocycles. The van der Waals surface area contributed by atoms with Crippen molar-refractivity contribution in [1.82, 2.24) is 29.8 Å². The molecule has 16 heteroatoms. The maximum atomic E-state index is 14.8. The van der Waals surface area contributed by atoms with Crippen LogP contribution in [0.4, 0.5) is 27.9 Å². The number of anilines is 1. The van der Waals surface area contributed by atoms with E-state index in [1.54, 1.807) is 36.8 Å². The SMILES string of the molecule is Cc1c(OC2CCN(c3ncccn3)CC2)ccc2c(-c3ncc(C(=O)NC4(C(=O)O)CC5CC(C)CC4C5)c(C(F)(F)F)n3)cn(C3CCC(F)(F)CC3)c12. The molecule has 0 spiro atoms. The number of carbonyl (C=O) groups excluding carboxylic acids is 1. The average molecular weight is 782 g/mol. The topological polar surface area (TPSA) is 135 Å². The van der Waals surface area contributed by atoms with Crippen LogP contribution < -0.4 is 15.0 Å². The van der Waals surface area contributed by atoms with E-state index in [-0.39, 0.29) is 67.5 Å². The van der Waals surface area contributed by atoms with Gasteiger partial charge in [-0.05, 0) is 81.4 Å². The van der Waals surface area contributed by atoms with Crippen molar-refractivity contribution in [3.05, 3.63) is 59.8 Å². The maximum Gasteiger partial charge on any atom is 0.434 e. The highest BCUT2D eigenvalue weighted by atomic mass is 19.4. The molecule has 1 aliphatic heterocycles. The molecule has 3 saturated carbocycles. The Labute approximate surface area is 320 Å². The number of aliphatic carboxylic acids is 1. The van der Waals surface area contributed by atoms with Gasteiger partial charge in [-0.2, -0.15) is 13.2 Å². The molecule has 8 rings (SSSR count). The molecule has 1 saturated heterocycles. The summed E-state index contributed by atoms with van der Waals surface area (Å²) in [7, 11) is 0. The molecule has 1 amide bonds. The summed E-state index contributed by atoms with van der Waals surface area (Å²) in [5.74, 6) is -4.49. The van der Waals surface area contributed by atoms with Gasteiger partial charge in [-0.25, -0.2) is 33.5 Å². The summed E-state index contributed by atoms with van der Waals surface area (Å²) in [6.45, 7) is 5.21. The lowest BCUT2D eigenvalue weighted by Gasteiger charge is -2.33. The van der Waals surface area contributed by atoms with Crippen LogP contribution in [0.5, 0.6) is 5.75 Å². The molecule has 4 fully saturated rings. The van der Waals surface area contributed by atoms with Crippen LogP contribution in [0.2, 0.25) is 0 Å². The number of carboxylic acid groups (broad SMARTS) is 1. The monoisotopic (exact) mass is 781 g/mol. The normalized spacial score (nSPS) is 25.7. The third-order valence-electron chi connectivity index (χ3n) is 12.5. The second-order valence-corrected chi connectivity index (χ2v) is 16.2. The number of fused-ring (bicyclic) bond motifs is 3. The Morgan fingerprint density at radius 1 is 1.00 bits per heavy atom. The van der Waals surface area contributed by atoms with Crippen molar-refractivity contribution in [2.45, 2.75) is 108 Å². The fourth-order valence-corrected chi connectivity index (χ4v) is 9.78. The van der Waals surface area contributed by atoms with Gasteiger partial charge >= 0.3 is 12.1 Å². The number of ether oxygens (including phenoxy) is 1. The summed E-state index contributed by atoms with van der Waals surface area (Å²) in [4.78, 5) is 45.3. The molecule has 298 valence electrons. The summed E-state index contributed by atoms with van der Waals surface area (Å²) in [6, 6.07) is 4.86. The second-order valence-electron chi connectivity index (χ2n) is 16.2. The van der Waals surface area contributed by atoms with E-state index >= 15 is 0 Å². The molecule has 56 heavy (non-hydrogen) atoms. The summed E-state index contributed by atoms with van der Waals surface area (Å²) in [5, 5.41) is 13.3. The molecule has 1 aromatic carbocycles. The van der Waals surface area contributed by atoms with Crippen LogP contribution >= 0.6 is 0 Å². The number of rotatable bonds is 8. The fourth-order valence-electron chi connectivity index (χ4n) is 9.78. The van der Waals surface area contributed by atoms with Crippen LogP contribution in [-0.4, -0.2) is 72.1 Å². The quantitative estimate of drug-likeness (QED) is 0.171. The minimum absolute atomic E-state index is 0.0470. The number of halogens is 5. The molecule has 0 radical (unpaired) electrons. The first-order chi connectivity index (χ1) is 26.6. The first-order valence-electron chi connectivity index (χ1n) is 19.3. The largest absolute Gasteiger partial charge is 0.490 e. The number of aromatic nitrogens is 5. The van der Waals surface area contributed by atoms with Gasteiger partial charge in [-0.1, -0.05) is 6.92 Å². The van der Waals surface area contributed by atoms with Crippen LogP contribution in [0.1, 0.15) is 98.8 Å². The van der Waals surface area contributed by atoms with E-state index in [1.807, 2.05) is 18.4 Å². The number of piperidine rings is 1. The first-order valence-corrected chi connectivity index (χ1v) is 19.3. The van der Waals surface area contributed by atoms with Crippen molar-refractivity contribution >= 4 is 28.7 Å². The van der Waals surface area contributed by atoms with Gasteiger partial charge in [0.1, 0.15) is 17.4 Å². The smallest absolute Gasteiger partial charge is 0.434 e. The summed E-state index contributed by atoms with van der Waals surface area (Å²) < 4.78 is 81.4. The molecule has 3 aromatic heterocycles. The van der Waals surface area contributed by atoms with Crippen molar-refractivity contribution in [3.63, 3.8) is 0 Å². The second kappa shape index (κ2) is 14.2. The molecule has 11 nitrogen and oxygen atoms in total. The van der Waals surface area contributed by atoms with E-state index in [0.29, 0.717) is 66.9 Å². The zero-order valence-electron chi connectivity index (χ0n) is 31.2. The molecule has 4 aliphatic rings. The van der Waals surface area contributed by atoms with Crippen LogP contribution in [0.15, 0.2) is 43.0 Å². The van der Waals surface area contributed by atoms with Crippen LogP contribution in [-0.2, 0) is 11.0 Å². The zero-order chi connectivity index (χ0) is 39.6. The molecule has 2 bridgehead atoms. The minimum Gasteiger partial charge on any atom is -0.490 e. The van der Waals surface area contributed by atoms with Crippen molar-refractivity contribution in [2.75, 3.05) is 18.0 Å². The Morgan fingerprint density at radius 2 is 1.71 bits per heavy atom. The Bertz CT molecular complexity index is 2130. The summed E-state index contributed by atoms with van der Waals surface area (Å²) in [5.41, 5.74) is -2.50. The number of carbonyl (C=O) groups is 2. The Balaban J connectivity index is 1.13. The van der Waals surface area contributed by atoms with Crippen LogP contribution in [0, 0.1) is 24.7 Å². The zero-order valence-corrected chi connectivity index (χ0v) is 31.2. The van der Waals surface area contributed by atoms with Gasteiger partial charge in [0, 0.05) is 86.1 Å². The van der Waals surface area contributed by atoms with E-state index in [9.17, 15) is 36.6 Å². The Morgan fingerprint density at radius 3 is 2.39 bits per heavy atom.